The molecule has 0 saturated carbocycles. The lowest BCUT2D eigenvalue weighted by Crippen LogP contribution is -2.22. The lowest BCUT2D eigenvalue weighted by Gasteiger charge is -2.19. The molecule has 0 amide bonds. The number of benzene rings is 2. The molecule has 0 atom stereocenters. The van der Waals surface area contributed by atoms with Gasteiger partial charge in [-0.3, -0.25) is 9.98 Å². The van der Waals surface area contributed by atoms with E-state index in [1.54, 1.807) is 12.1 Å². The van der Waals surface area contributed by atoms with E-state index < -0.39 is 0 Å². The number of rotatable bonds is 0. The van der Waals surface area contributed by atoms with Crippen molar-refractivity contribution in [3.8, 4) is 5.75 Å². The Kier molecular flexibility index (Phi) is 4.18. The largest absolute Gasteiger partial charge is 0.508 e. The van der Waals surface area contributed by atoms with Crippen LogP contribution in [0.2, 0.25) is 0 Å². The molecular formula is C22H27N3O. The van der Waals surface area contributed by atoms with E-state index in [0.29, 0.717) is 5.75 Å². The molecule has 4 rings (SSSR count). The average molecular weight is 349 g/mol. The molecule has 2 aliphatic heterocycles. The van der Waals surface area contributed by atoms with Crippen LogP contribution in [0.25, 0.3) is 0 Å². The molecule has 2 heterocycles. The average Bonchev–Trinajstić information content (AvgIpc) is 2.92. The van der Waals surface area contributed by atoms with Gasteiger partial charge in [-0.2, -0.15) is 0 Å². The first-order valence-corrected chi connectivity index (χ1v) is 8.88. The highest BCUT2D eigenvalue weighted by atomic mass is 16.3. The van der Waals surface area contributed by atoms with E-state index in [2.05, 4.69) is 44.6 Å². The summed E-state index contributed by atoms with van der Waals surface area (Å²) >= 11 is 0. The second-order valence-electron chi connectivity index (χ2n) is 8.12. The molecule has 4 nitrogen and oxygen atoms in total. The predicted molar refractivity (Wildman–Crippen MR) is 111 cm³/mol. The summed E-state index contributed by atoms with van der Waals surface area (Å²) in [5.74, 6) is 0.316. The first-order valence-electron chi connectivity index (χ1n) is 8.88. The number of nitrogens with two attached hydrogens (primary N) is 1. The number of phenols is 1. The summed E-state index contributed by atoms with van der Waals surface area (Å²) in [5.41, 5.74) is 13.2. The zero-order chi connectivity index (χ0) is 19.3. The fourth-order valence-corrected chi connectivity index (χ4v) is 3.30. The molecule has 0 aliphatic carbocycles. The first kappa shape index (κ1) is 18.2. The highest BCUT2D eigenvalue weighted by molar-refractivity contribution is 6.00. The van der Waals surface area contributed by atoms with E-state index in [1.807, 2.05) is 31.2 Å². The van der Waals surface area contributed by atoms with Crippen LogP contribution in [0, 0.1) is 0 Å². The summed E-state index contributed by atoms with van der Waals surface area (Å²) in [6, 6.07) is 11.3. The number of hydrogen-bond donors (Lipinski definition) is 2. The maximum atomic E-state index is 9.36. The summed E-state index contributed by atoms with van der Waals surface area (Å²) in [6.07, 6.45) is 0. The fraction of sp³-hybridized carbons (Fsp3) is 0.364. The van der Waals surface area contributed by atoms with Crippen LogP contribution in [-0.2, 0) is 10.8 Å². The van der Waals surface area contributed by atoms with Gasteiger partial charge >= 0.3 is 0 Å². The molecule has 2 aliphatic rings. The minimum absolute atomic E-state index is 0.0337. The van der Waals surface area contributed by atoms with E-state index in [9.17, 15) is 5.11 Å². The van der Waals surface area contributed by atoms with Crippen LogP contribution >= 0.6 is 0 Å². The topological polar surface area (TPSA) is 71.0 Å². The number of nitrogens with zero attached hydrogens (tertiary/aromatic N) is 2. The molecule has 26 heavy (non-hydrogen) atoms. The van der Waals surface area contributed by atoms with Crippen molar-refractivity contribution in [1.82, 2.24) is 0 Å². The van der Waals surface area contributed by atoms with Crippen molar-refractivity contribution in [3.05, 3.63) is 47.5 Å². The number of nitrogen functional groups attached to an aromatic ring is 1. The van der Waals surface area contributed by atoms with Crippen LogP contribution in [0.4, 0.5) is 17.1 Å². The van der Waals surface area contributed by atoms with Crippen molar-refractivity contribution in [3.63, 3.8) is 0 Å². The molecule has 4 heteroatoms. The molecule has 0 saturated heterocycles. The Morgan fingerprint density at radius 2 is 1.23 bits per heavy atom. The second kappa shape index (κ2) is 5.97. The van der Waals surface area contributed by atoms with Gasteiger partial charge in [0, 0.05) is 27.9 Å². The third-order valence-electron chi connectivity index (χ3n) is 5.73. The Bertz CT molecular complexity index is 859. The van der Waals surface area contributed by atoms with E-state index >= 15 is 0 Å². The maximum absolute atomic E-state index is 9.36. The van der Waals surface area contributed by atoms with Gasteiger partial charge in [-0.1, -0.05) is 27.7 Å². The van der Waals surface area contributed by atoms with Crippen molar-refractivity contribution >= 4 is 28.5 Å². The second-order valence-corrected chi connectivity index (χ2v) is 8.12. The van der Waals surface area contributed by atoms with Gasteiger partial charge in [-0.05, 0) is 61.4 Å². The van der Waals surface area contributed by atoms with E-state index in [4.69, 9.17) is 5.73 Å². The maximum Gasteiger partial charge on any atom is 0.116 e. The normalized spacial score (nSPS) is 18.2. The molecule has 0 fully saturated rings. The Hall–Kier alpha value is -2.62. The van der Waals surface area contributed by atoms with Gasteiger partial charge in [0.15, 0.2) is 0 Å². The van der Waals surface area contributed by atoms with Crippen LogP contribution < -0.4 is 5.73 Å². The van der Waals surface area contributed by atoms with Crippen LogP contribution in [0.5, 0.6) is 5.75 Å². The third-order valence-corrected chi connectivity index (χ3v) is 5.73. The van der Waals surface area contributed by atoms with Gasteiger partial charge in [0.2, 0.25) is 0 Å². The van der Waals surface area contributed by atoms with Gasteiger partial charge in [-0.15, -0.1) is 0 Å². The Balaban J connectivity index is 0.000000151. The Labute approximate surface area is 155 Å². The molecule has 3 N–H and O–H groups in total. The summed E-state index contributed by atoms with van der Waals surface area (Å²) in [6.45, 7) is 12.7. The third kappa shape index (κ3) is 2.90. The summed E-state index contributed by atoms with van der Waals surface area (Å²) in [5, 5.41) is 9.36. The summed E-state index contributed by atoms with van der Waals surface area (Å²) in [7, 11) is 0. The SMILES string of the molecule is CC1=Nc2ccc(N)cc2C1(C)C.CC1=Nc2ccc(O)cc2C1(C)C. The molecule has 0 aromatic heterocycles. The predicted octanol–water partition coefficient (Wildman–Crippen LogP) is 5.43. The van der Waals surface area contributed by atoms with Crippen molar-refractivity contribution in [2.45, 2.75) is 52.4 Å². The highest BCUT2D eigenvalue weighted by Gasteiger charge is 2.32. The van der Waals surface area contributed by atoms with E-state index in [1.165, 1.54) is 5.56 Å². The Morgan fingerprint density at radius 3 is 1.77 bits per heavy atom. The van der Waals surface area contributed by atoms with Crippen LogP contribution in [-0.4, -0.2) is 16.5 Å². The molecular weight excluding hydrogens is 322 g/mol. The summed E-state index contributed by atoms with van der Waals surface area (Å²) < 4.78 is 0. The minimum Gasteiger partial charge on any atom is -0.508 e. The van der Waals surface area contributed by atoms with E-state index in [0.717, 1.165) is 34.0 Å². The molecule has 0 unspecified atom stereocenters. The lowest BCUT2D eigenvalue weighted by atomic mass is 9.82. The quantitative estimate of drug-likeness (QED) is 0.623. The zero-order valence-corrected chi connectivity index (χ0v) is 16.4. The molecule has 2 aromatic carbocycles. The lowest BCUT2D eigenvalue weighted by molar-refractivity contribution is 0.473. The number of phenolic OH excluding ortho intramolecular Hbond substituents is 1. The smallest absolute Gasteiger partial charge is 0.116 e. The summed E-state index contributed by atoms with van der Waals surface area (Å²) in [4.78, 5) is 8.96. The van der Waals surface area contributed by atoms with Crippen molar-refractivity contribution < 1.29 is 5.11 Å². The highest BCUT2D eigenvalue weighted by Crippen LogP contribution is 2.41. The van der Waals surface area contributed by atoms with E-state index in [-0.39, 0.29) is 10.8 Å². The van der Waals surface area contributed by atoms with Gasteiger partial charge in [0.1, 0.15) is 5.75 Å². The standard InChI is InChI=1S/C11H14N2.C11H13NO/c1-7-11(2,3)9-6-8(12)4-5-10(9)13-7;1-7-11(2,3)9-6-8(13)4-5-10(9)12-7/h4-6H,12H2,1-3H3;4-6,13H,1-3H3. The zero-order valence-electron chi connectivity index (χ0n) is 16.4. The number of fused-ring (bicyclic) bond motifs is 2. The monoisotopic (exact) mass is 349 g/mol. The van der Waals surface area contributed by atoms with Crippen LogP contribution in [0.3, 0.4) is 0 Å². The van der Waals surface area contributed by atoms with Crippen LogP contribution in [0.1, 0.15) is 52.7 Å². The number of anilines is 1. The number of hydrogen-bond acceptors (Lipinski definition) is 4. The number of aromatic hydroxyl groups is 1. The molecule has 0 spiro atoms. The Morgan fingerprint density at radius 1 is 0.769 bits per heavy atom. The first-order chi connectivity index (χ1) is 12.0. The van der Waals surface area contributed by atoms with Crippen LogP contribution in [0.15, 0.2) is 46.4 Å². The van der Waals surface area contributed by atoms with Gasteiger partial charge in [0.05, 0.1) is 11.4 Å². The van der Waals surface area contributed by atoms with Crippen molar-refractivity contribution in [2.24, 2.45) is 9.98 Å². The molecule has 0 radical (unpaired) electrons. The molecule has 136 valence electrons. The number of aliphatic imine (C=N–C) groups is 2. The molecule has 2 aromatic rings. The molecule has 0 bridgehead atoms. The van der Waals surface area contributed by atoms with Gasteiger partial charge < -0.3 is 10.8 Å². The van der Waals surface area contributed by atoms with Crippen molar-refractivity contribution in [1.29, 1.82) is 0 Å². The van der Waals surface area contributed by atoms with Crippen molar-refractivity contribution in [2.75, 3.05) is 5.73 Å². The van der Waals surface area contributed by atoms with Gasteiger partial charge in [-0.25, -0.2) is 0 Å². The van der Waals surface area contributed by atoms with Gasteiger partial charge in [0.25, 0.3) is 0 Å². The minimum atomic E-state index is -0.0337. The fourth-order valence-electron chi connectivity index (χ4n) is 3.30.